The molecule has 3 heterocycles. The predicted octanol–water partition coefficient (Wildman–Crippen LogP) is 2.92. The smallest absolute Gasteiger partial charge is 0.261 e. The predicted molar refractivity (Wildman–Crippen MR) is 89.8 cm³/mol. The molecule has 24 heavy (non-hydrogen) atoms. The molecular weight excluding hydrogens is 324 g/mol. The van der Waals surface area contributed by atoms with E-state index in [9.17, 15) is 4.79 Å². The van der Waals surface area contributed by atoms with Gasteiger partial charge in [-0.05, 0) is 55.5 Å². The zero-order valence-corrected chi connectivity index (χ0v) is 14.0. The number of amides is 1. The van der Waals surface area contributed by atoms with Gasteiger partial charge in [0.05, 0.1) is 11.4 Å². The molecule has 0 atom stereocenters. The third-order valence-corrected chi connectivity index (χ3v) is 5.22. The first-order valence-electron chi connectivity index (χ1n) is 7.84. The van der Waals surface area contributed by atoms with Crippen LogP contribution in [0, 0.1) is 6.92 Å². The van der Waals surface area contributed by atoms with Gasteiger partial charge >= 0.3 is 0 Å². The molecule has 6 nitrogen and oxygen atoms in total. The number of hydrogen-bond acceptors (Lipinski definition) is 6. The van der Waals surface area contributed by atoms with E-state index < -0.39 is 0 Å². The van der Waals surface area contributed by atoms with E-state index in [1.807, 2.05) is 25.1 Å². The lowest BCUT2D eigenvalue weighted by Gasteiger charge is -1.99. The molecule has 4 rings (SSSR count). The van der Waals surface area contributed by atoms with E-state index in [-0.39, 0.29) is 12.5 Å². The van der Waals surface area contributed by atoms with Crippen molar-refractivity contribution in [1.82, 2.24) is 20.4 Å². The van der Waals surface area contributed by atoms with Crippen LogP contribution in [0.4, 0.5) is 0 Å². The molecule has 0 unspecified atom stereocenters. The topological polar surface area (TPSA) is 80.9 Å². The van der Waals surface area contributed by atoms with Gasteiger partial charge in [-0.15, -0.1) is 11.3 Å². The number of carbonyl (C=O) groups excluding carboxylic acids is 1. The number of hydrogen-bond donors (Lipinski definition) is 1. The summed E-state index contributed by atoms with van der Waals surface area (Å²) in [5, 5.41) is 6.76. The van der Waals surface area contributed by atoms with Crippen LogP contribution in [0.15, 0.2) is 28.9 Å². The van der Waals surface area contributed by atoms with E-state index in [0.717, 1.165) is 23.3 Å². The number of thiophene rings is 1. The lowest BCUT2D eigenvalue weighted by molar-refractivity contribution is 0.0950. The van der Waals surface area contributed by atoms with Gasteiger partial charge in [-0.25, -0.2) is 0 Å². The van der Waals surface area contributed by atoms with Crippen LogP contribution in [0.1, 0.15) is 38.0 Å². The van der Waals surface area contributed by atoms with Crippen molar-refractivity contribution >= 4 is 17.2 Å². The van der Waals surface area contributed by atoms with Gasteiger partial charge in [-0.2, -0.15) is 4.98 Å². The molecule has 1 aliphatic carbocycles. The van der Waals surface area contributed by atoms with Crippen molar-refractivity contribution in [2.24, 2.45) is 0 Å². The summed E-state index contributed by atoms with van der Waals surface area (Å²) < 4.78 is 5.19. The minimum Gasteiger partial charge on any atom is -0.342 e. The first-order chi connectivity index (χ1) is 11.7. The molecule has 0 radical (unpaired) electrons. The minimum atomic E-state index is -0.0946. The quantitative estimate of drug-likeness (QED) is 0.790. The largest absolute Gasteiger partial charge is 0.342 e. The Bertz CT molecular complexity index is 878. The minimum absolute atomic E-state index is 0.0946. The molecule has 0 fully saturated rings. The van der Waals surface area contributed by atoms with Crippen molar-refractivity contribution < 1.29 is 9.32 Å². The highest BCUT2D eigenvalue weighted by Crippen LogP contribution is 2.30. The van der Waals surface area contributed by atoms with Crippen molar-refractivity contribution in [1.29, 1.82) is 0 Å². The van der Waals surface area contributed by atoms with E-state index in [1.54, 1.807) is 17.5 Å². The van der Waals surface area contributed by atoms with Gasteiger partial charge in [0, 0.05) is 11.1 Å². The molecule has 0 bridgehead atoms. The maximum Gasteiger partial charge on any atom is 0.261 e. The number of aromatic nitrogens is 3. The molecule has 0 aliphatic heterocycles. The molecule has 0 saturated carbocycles. The number of pyridine rings is 1. The van der Waals surface area contributed by atoms with E-state index in [4.69, 9.17) is 4.52 Å². The highest BCUT2D eigenvalue weighted by atomic mass is 32.1. The summed E-state index contributed by atoms with van der Waals surface area (Å²) in [6, 6.07) is 5.79. The Labute approximate surface area is 142 Å². The first-order valence-corrected chi connectivity index (χ1v) is 8.66. The van der Waals surface area contributed by atoms with Gasteiger partial charge in [-0.3, -0.25) is 9.78 Å². The first kappa shape index (κ1) is 15.0. The van der Waals surface area contributed by atoms with Crippen LogP contribution in [0.25, 0.3) is 11.5 Å². The fourth-order valence-electron chi connectivity index (χ4n) is 2.77. The number of fused-ring (bicyclic) bond motifs is 1. The standard InChI is InChI=1S/C17H16N4O2S/c1-10-5-6-18-12(7-10)16-20-15(23-21-16)9-19-17(22)14-8-11-3-2-4-13(11)24-14/h5-8H,2-4,9H2,1H3,(H,19,22). The number of carbonyl (C=O) groups is 1. The average Bonchev–Trinajstić information content (AvgIpc) is 3.28. The third kappa shape index (κ3) is 2.94. The number of nitrogens with one attached hydrogen (secondary N) is 1. The summed E-state index contributed by atoms with van der Waals surface area (Å²) in [6.07, 6.45) is 5.07. The normalized spacial score (nSPS) is 13.0. The molecule has 0 spiro atoms. The summed E-state index contributed by atoms with van der Waals surface area (Å²) in [5.41, 5.74) is 3.05. The Kier molecular flexibility index (Phi) is 3.86. The van der Waals surface area contributed by atoms with E-state index >= 15 is 0 Å². The maximum absolute atomic E-state index is 12.2. The van der Waals surface area contributed by atoms with Crippen LogP contribution >= 0.6 is 11.3 Å². The Morgan fingerprint density at radius 3 is 3.12 bits per heavy atom. The highest BCUT2D eigenvalue weighted by Gasteiger charge is 2.19. The molecule has 7 heteroatoms. The molecular formula is C17H16N4O2S. The van der Waals surface area contributed by atoms with Gasteiger partial charge < -0.3 is 9.84 Å². The Morgan fingerprint density at radius 2 is 2.29 bits per heavy atom. The van der Waals surface area contributed by atoms with Gasteiger partial charge in [0.25, 0.3) is 5.91 Å². The molecule has 3 aromatic heterocycles. The second-order valence-corrected chi connectivity index (χ2v) is 6.96. The number of aryl methyl sites for hydroxylation is 3. The number of rotatable bonds is 4. The summed E-state index contributed by atoms with van der Waals surface area (Å²) >= 11 is 1.58. The van der Waals surface area contributed by atoms with E-state index in [1.165, 1.54) is 16.9 Å². The van der Waals surface area contributed by atoms with Gasteiger partial charge in [0.15, 0.2) is 0 Å². The Balaban J connectivity index is 1.41. The SMILES string of the molecule is Cc1ccnc(-c2noc(CNC(=O)c3cc4c(s3)CCC4)n2)c1. The molecule has 1 amide bonds. The van der Waals surface area contributed by atoms with Crippen LogP contribution in [0.5, 0.6) is 0 Å². The van der Waals surface area contributed by atoms with E-state index in [0.29, 0.717) is 17.4 Å². The second-order valence-electron chi connectivity index (χ2n) is 5.83. The van der Waals surface area contributed by atoms with Gasteiger partial charge in [-0.1, -0.05) is 5.16 Å². The molecule has 3 aromatic rings. The van der Waals surface area contributed by atoms with Crippen molar-refractivity contribution in [3.8, 4) is 11.5 Å². The summed E-state index contributed by atoms with van der Waals surface area (Å²) in [7, 11) is 0. The van der Waals surface area contributed by atoms with Crippen LogP contribution in [-0.4, -0.2) is 21.0 Å². The maximum atomic E-state index is 12.2. The molecule has 1 N–H and O–H groups in total. The van der Waals surface area contributed by atoms with Gasteiger partial charge in [0.2, 0.25) is 11.7 Å². The lowest BCUT2D eigenvalue weighted by Crippen LogP contribution is -2.22. The fourth-order valence-corrected chi connectivity index (χ4v) is 3.94. The highest BCUT2D eigenvalue weighted by molar-refractivity contribution is 7.14. The molecule has 1 aliphatic rings. The zero-order valence-electron chi connectivity index (χ0n) is 13.2. The third-order valence-electron chi connectivity index (χ3n) is 3.98. The zero-order chi connectivity index (χ0) is 16.5. The van der Waals surface area contributed by atoms with Crippen molar-refractivity contribution in [2.75, 3.05) is 0 Å². The van der Waals surface area contributed by atoms with Crippen LogP contribution in [0.3, 0.4) is 0 Å². The second kappa shape index (κ2) is 6.16. The summed E-state index contributed by atoms with van der Waals surface area (Å²) in [5.74, 6) is 0.701. The van der Waals surface area contributed by atoms with Gasteiger partial charge in [0.1, 0.15) is 5.69 Å². The molecule has 122 valence electrons. The van der Waals surface area contributed by atoms with Crippen molar-refractivity contribution in [2.45, 2.75) is 32.7 Å². The van der Waals surface area contributed by atoms with Crippen LogP contribution in [-0.2, 0) is 19.4 Å². The van der Waals surface area contributed by atoms with Crippen molar-refractivity contribution in [3.05, 3.63) is 51.2 Å². The molecule has 0 saturated heterocycles. The average molecular weight is 340 g/mol. The Hall–Kier alpha value is -2.54. The van der Waals surface area contributed by atoms with Crippen LogP contribution in [0.2, 0.25) is 0 Å². The Morgan fingerprint density at radius 1 is 1.38 bits per heavy atom. The fraction of sp³-hybridized carbons (Fsp3) is 0.294. The van der Waals surface area contributed by atoms with E-state index in [2.05, 4.69) is 20.4 Å². The lowest BCUT2D eigenvalue weighted by atomic mass is 10.2. The summed E-state index contributed by atoms with van der Waals surface area (Å²) in [4.78, 5) is 22.8. The van der Waals surface area contributed by atoms with Crippen molar-refractivity contribution in [3.63, 3.8) is 0 Å². The monoisotopic (exact) mass is 340 g/mol. The molecule has 0 aromatic carbocycles. The van der Waals surface area contributed by atoms with Crippen LogP contribution < -0.4 is 5.32 Å². The summed E-state index contributed by atoms with van der Waals surface area (Å²) in [6.45, 7) is 2.19. The number of nitrogens with zero attached hydrogens (tertiary/aromatic N) is 3.